The molecule has 156 valence electrons. The molecule has 0 amide bonds. The van der Waals surface area contributed by atoms with Gasteiger partial charge in [-0.25, -0.2) is 14.8 Å². The molecule has 4 atom stereocenters. The van der Waals surface area contributed by atoms with E-state index in [9.17, 15) is 4.79 Å². The molecule has 2 aromatic rings. The van der Waals surface area contributed by atoms with Gasteiger partial charge in [0.25, 0.3) is 0 Å². The molecule has 0 aromatic carbocycles. The molecule has 4 heterocycles. The van der Waals surface area contributed by atoms with Gasteiger partial charge in [0, 0.05) is 17.4 Å². The van der Waals surface area contributed by atoms with Crippen molar-refractivity contribution in [3.05, 3.63) is 53.4 Å². The van der Waals surface area contributed by atoms with Gasteiger partial charge in [-0.05, 0) is 62.8 Å². The average Bonchev–Trinajstić information content (AvgIpc) is 3.38. The number of carbonyl (C=O) groups excluding carboxylic acids is 1. The summed E-state index contributed by atoms with van der Waals surface area (Å²) in [7, 11) is 0. The molecule has 7 nitrogen and oxygen atoms in total. The van der Waals surface area contributed by atoms with E-state index in [2.05, 4.69) is 16.5 Å². The van der Waals surface area contributed by atoms with E-state index in [4.69, 9.17) is 20.9 Å². The van der Waals surface area contributed by atoms with Gasteiger partial charge >= 0.3 is 5.97 Å². The molecule has 30 heavy (non-hydrogen) atoms. The minimum absolute atomic E-state index is 0.0271. The first-order valence-corrected chi connectivity index (χ1v) is 10.6. The fourth-order valence-corrected chi connectivity index (χ4v) is 5.16. The number of esters is 1. The zero-order chi connectivity index (χ0) is 20.8. The Labute approximate surface area is 175 Å². The fourth-order valence-electron chi connectivity index (χ4n) is 5.16. The molecule has 2 saturated carbocycles. The summed E-state index contributed by atoms with van der Waals surface area (Å²) in [6.07, 6.45) is 6.87. The van der Waals surface area contributed by atoms with Gasteiger partial charge in [-0.3, -0.25) is 0 Å². The van der Waals surface area contributed by atoms with E-state index in [0.717, 1.165) is 54.8 Å². The van der Waals surface area contributed by atoms with Crippen molar-refractivity contribution in [2.45, 2.75) is 62.6 Å². The monoisotopic (exact) mass is 406 g/mol. The Morgan fingerprint density at radius 3 is 1.97 bits per heavy atom. The Morgan fingerprint density at radius 1 is 0.800 bits per heavy atom. The minimum atomic E-state index is -0.249. The number of nitrogens with zero attached hydrogens (tertiary/aromatic N) is 2. The third-order valence-corrected chi connectivity index (χ3v) is 6.57. The molecule has 0 saturated heterocycles. The highest BCUT2D eigenvalue weighted by Gasteiger charge is 2.40. The second-order valence-corrected chi connectivity index (χ2v) is 8.44. The molecular formula is C23H26N4O3. The summed E-state index contributed by atoms with van der Waals surface area (Å²) in [5.41, 5.74) is 14.9. The summed E-state index contributed by atoms with van der Waals surface area (Å²) < 4.78 is 11.2. The van der Waals surface area contributed by atoms with Gasteiger partial charge in [0.15, 0.2) is 0 Å². The SMILES string of the molecule is C=C1O[C@H]2CCC[C@H]2c2nc(N)ccc21.Nc1ccc2c(n1)[C@H]1CCC[C@H]1OC2=O. The predicted molar refractivity (Wildman–Crippen MR) is 114 cm³/mol. The minimum Gasteiger partial charge on any atom is -0.490 e. The molecule has 0 radical (unpaired) electrons. The van der Waals surface area contributed by atoms with Crippen molar-refractivity contribution >= 4 is 23.4 Å². The van der Waals surface area contributed by atoms with E-state index in [0.29, 0.717) is 23.1 Å². The molecule has 4 N–H and O–H groups in total. The lowest BCUT2D eigenvalue weighted by atomic mass is 9.93. The Balaban J connectivity index is 0.000000128. The van der Waals surface area contributed by atoms with Crippen LogP contribution in [0.25, 0.3) is 5.76 Å². The second-order valence-electron chi connectivity index (χ2n) is 8.44. The maximum absolute atomic E-state index is 11.6. The number of nitrogens with two attached hydrogens (primary N) is 2. The van der Waals surface area contributed by atoms with E-state index in [-0.39, 0.29) is 24.1 Å². The number of fused-ring (bicyclic) bond motifs is 6. The summed E-state index contributed by atoms with van der Waals surface area (Å²) in [6, 6.07) is 7.14. The summed E-state index contributed by atoms with van der Waals surface area (Å²) >= 11 is 0. The summed E-state index contributed by atoms with van der Waals surface area (Å²) in [6.45, 7) is 3.94. The number of pyridine rings is 2. The molecule has 6 rings (SSSR count). The van der Waals surface area contributed by atoms with Crippen molar-refractivity contribution < 1.29 is 14.3 Å². The van der Waals surface area contributed by atoms with Crippen LogP contribution >= 0.6 is 0 Å². The number of hydrogen-bond acceptors (Lipinski definition) is 7. The van der Waals surface area contributed by atoms with Crippen molar-refractivity contribution in [3.63, 3.8) is 0 Å². The third-order valence-electron chi connectivity index (χ3n) is 6.57. The van der Waals surface area contributed by atoms with E-state index in [1.54, 1.807) is 12.1 Å². The number of ether oxygens (including phenoxy) is 2. The first-order chi connectivity index (χ1) is 14.5. The Kier molecular flexibility index (Phi) is 4.60. The topological polar surface area (TPSA) is 113 Å². The number of aromatic nitrogens is 2. The van der Waals surface area contributed by atoms with Gasteiger partial charge < -0.3 is 20.9 Å². The molecule has 0 unspecified atom stereocenters. The zero-order valence-corrected chi connectivity index (χ0v) is 16.8. The van der Waals surface area contributed by atoms with E-state index >= 15 is 0 Å². The maximum Gasteiger partial charge on any atom is 0.340 e. The third kappa shape index (κ3) is 3.18. The normalized spacial score (nSPS) is 28.1. The van der Waals surface area contributed by atoms with Crippen LogP contribution in [0.1, 0.15) is 77.7 Å². The van der Waals surface area contributed by atoms with Crippen LogP contribution in [0, 0.1) is 0 Å². The quantitative estimate of drug-likeness (QED) is 0.640. The molecule has 2 aliphatic heterocycles. The molecule has 0 spiro atoms. The molecule has 0 bridgehead atoms. The van der Waals surface area contributed by atoms with Crippen molar-refractivity contribution in [3.8, 4) is 0 Å². The molecule has 2 aliphatic carbocycles. The number of nitrogen functional groups attached to an aromatic ring is 2. The van der Waals surface area contributed by atoms with E-state index < -0.39 is 0 Å². The first kappa shape index (κ1) is 18.9. The van der Waals surface area contributed by atoms with Gasteiger partial charge in [-0.1, -0.05) is 6.58 Å². The van der Waals surface area contributed by atoms with E-state index in [1.807, 2.05) is 12.1 Å². The lowest BCUT2D eigenvalue weighted by molar-refractivity contribution is 0.0222. The van der Waals surface area contributed by atoms with Gasteiger partial charge in [0.1, 0.15) is 29.6 Å². The second kappa shape index (κ2) is 7.31. The van der Waals surface area contributed by atoms with Gasteiger partial charge in [-0.15, -0.1) is 0 Å². The van der Waals surface area contributed by atoms with Crippen LogP contribution in [0.5, 0.6) is 0 Å². The van der Waals surface area contributed by atoms with Crippen LogP contribution in [-0.4, -0.2) is 28.1 Å². The van der Waals surface area contributed by atoms with Crippen LogP contribution in [0.15, 0.2) is 30.8 Å². The van der Waals surface area contributed by atoms with Crippen LogP contribution in [0.2, 0.25) is 0 Å². The number of anilines is 2. The highest BCUT2D eigenvalue weighted by atomic mass is 16.5. The highest BCUT2D eigenvalue weighted by molar-refractivity contribution is 5.92. The largest absolute Gasteiger partial charge is 0.490 e. The maximum atomic E-state index is 11.6. The number of rotatable bonds is 0. The predicted octanol–water partition coefficient (Wildman–Crippen LogP) is 3.77. The molecule has 4 aliphatic rings. The molecule has 2 fully saturated rings. The fraction of sp³-hybridized carbons (Fsp3) is 0.435. The van der Waals surface area contributed by atoms with Gasteiger partial charge in [0.05, 0.1) is 17.0 Å². The van der Waals surface area contributed by atoms with Gasteiger partial charge in [0.2, 0.25) is 0 Å². The number of carbonyl (C=O) groups is 1. The van der Waals surface area contributed by atoms with Crippen molar-refractivity contribution in [2.75, 3.05) is 11.5 Å². The molecule has 2 aromatic heterocycles. The molecular weight excluding hydrogens is 380 g/mol. The Bertz CT molecular complexity index is 940. The Hall–Kier alpha value is -3.09. The number of hydrogen-bond donors (Lipinski definition) is 2. The van der Waals surface area contributed by atoms with Crippen molar-refractivity contribution in [1.29, 1.82) is 0 Å². The zero-order valence-electron chi connectivity index (χ0n) is 16.8. The summed E-state index contributed by atoms with van der Waals surface area (Å²) in [5.74, 6) is 2.26. The standard InChI is InChI=1S/C12H14N2O.C11H12N2O2/c1-7-8-5-6-11(13)14-12(8)9-3-2-4-10(9)15-7;12-9-5-4-7-10(13-9)6-2-1-3-8(6)15-11(7)14/h5-6,9-10H,1-4H2,(H2,13,14);4-6,8H,1-3H2,(H2,12,13)/t9-,10+;6-,8+/m10/s1. The molecule has 7 heteroatoms. The van der Waals surface area contributed by atoms with Crippen LogP contribution in [0.3, 0.4) is 0 Å². The van der Waals surface area contributed by atoms with Crippen molar-refractivity contribution in [1.82, 2.24) is 9.97 Å². The summed E-state index contributed by atoms with van der Waals surface area (Å²) in [5, 5.41) is 0. The van der Waals surface area contributed by atoms with Gasteiger partial charge in [-0.2, -0.15) is 0 Å². The van der Waals surface area contributed by atoms with Crippen molar-refractivity contribution in [2.24, 2.45) is 0 Å². The lowest BCUT2D eigenvalue weighted by Gasteiger charge is -2.29. The lowest BCUT2D eigenvalue weighted by Crippen LogP contribution is -2.29. The van der Waals surface area contributed by atoms with Crippen LogP contribution < -0.4 is 11.5 Å². The van der Waals surface area contributed by atoms with Crippen LogP contribution in [-0.2, 0) is 9.47 Å². The van der Waals surface area contributed by atoms with Crippen LogP contribution in [0.4, 0.5) is 11.6 Å². The average molecular weight is 406 g/mol. The Morgan fingerprint density at radius 2 is 1.33 bits per heavy atom. The summed E-state index contributed by atoms with van der Waals surface area (Å²) in [4.78, 5) is 20.4. The smallest absolute Gasteiger partial charge is 0.340 e. The highest BCUT2D eigenvalue weighted by Crippen LogP contribution is 2.44. The van der Waals surface area contributed by atoms with E-state index in [1.165, 1.54) is 6.42 Å². The first-order valence-electron chi connectivity index (χ1n) is 10.6.